The Morgan fingerprint density at radius 2 is 1.80 bits per heavy atom. The van der Waals surface area contributed by atoms with Gasteiger partial charge in [-0.05, 0) is 56.3 Å². The quantitative estimate of drug-likeness (QED) is 0.471. The van der Waals surface area contributed by atoms with Crippen LogP contribution in [0.5, 0.6) is 23.0 Å². The fourth-order valence-corrected chi connectivity index (χ4v) is 3.61. The summed E-state index contributed by atoms with van der Waals surface area (Å²) in [6, 6.07) is 13.4. The van der Waals surface area contributed by atoms with Crippen LogP contribution in [0.4, 0.5) is 5.69 Å². The molecular weight excluding hydrogens is 452 g/mol. The number of hydrogen-bond acceptors (Lipinski definition) is 7. The third kappa shape index (κ3) is 5.46. The number of carbonyl (C=O) groups excluding carboxylic acids is 2. The van der Waals surface area contributed by atoms with E-state index in [1.54, 1.807) is 39.3 Å². The number of anilines is 1. The highest BCUT2D eigenvalue weighted by Crippen LogP contribution is 2.30. The molecule has 0 spiro atoms. The number of ketones is 1. The van der Waals surface area contributed by atoms with Gasteiger partial charge >= 0.3 is 0 Å². The molecule has 182 valence electrons. The van der Waals surface area contributed by atoms with E-state index in [9.17, 15) is 14.4 Å². The van der Waals surface area contributed by atoms with E-state index in [1.807, 2.05) is 28.8 Å². The van der Waals surface area contributed by atoms with Crippen molar-refractivity contribution in [1.82, 2.24) is 4.57 Å². The highest BCUT2D eigenvalue weighted by Gasteiger charge is 2.24. The van der Waals surface area contributed by atoms with Gasteiger partial charge in [0.1, 0.15) is 23.9 Å². The van der Waals surface area contributed by atoms with E-state index in [0.29, 0.717) is 41.6 Å². The van der Waals surface area contributed by atoms with Gasteiger partial charge in [-0.3, -0.25) is 14.4 Å². The Bertz CT molecular complexity index is 1300. The first-order chi connectivity index (χ1) is 16.9. The molecule has 2 aromatic carbocycles. The van der Waals surface area contributed by atoms with Gasteiger partial charge in [0.05, 0.1) is 25.0 Å². The molecule has 9 heteroatoms. The lowest BCUT2D eigenvalue weighted by molar-refractivity contribution is -0.122. The number of nitrogens with zero attached hydrogens (tertiary/aromatic N) is 1. The molecule has 0 saturated carbocycles. The molecule has 4 rings (SSSR count). The van der Waals surface area contributed by atoms with E-state index in [4.69, 9.17) is 18.9 Å². The smallest absolute Gasteiger partial charge is 0.265 e. The fraction of sp³-hybridized carbons (Fsp3) is 0.269. The van der Waals surface area contributed by atoms with Crippen molar-refractivity contribution in [2.45, 2.75) is 26.5 Å². The Labute approximate surface area is 202 Å². The van der Waals surface area contributed by atoms with Gasteiger partial charge in [0.15, 0.2) is 24.2 Å². The number of hydrogen-bond donors (Lipinski definition) is 1. The topological polar surface area (TPSA) is 105 Å². The average Bonchev–Trinajstić information content (AvgIpc) is 2.86. The van der Waals surface area contributed by atoms with Crippen LogP contribution < -0.4 is 29.7 Å². The lowest BCUT2D eigenvalue weighted by Gasteiger charge is -2.23. The first kappa shape index (κ1) is 23.9. The van der Waals surface area contributed by atoms with Crippen molar-refractivity contribution in [3.8, 4) is 23.0 Å². The highest BCUT2D eigenvalue weighted by molar-refractivity contribution is 6.02. The first-order valence-corrected chi connectivity index (χ1v) is 11.1. The van der Waals surface area contributed by atoms with Crippen molar-refractivity contribution in [2.24, 2.45) is 0 Å². The summed E-state index contributed by atoms with van der Waals surface area (Å²) in [5.74, 6) is 1.43. The molecule has 0 bridgehead atoms. The van der Waals surface area contributed by atoms with Gasteiger partial charge in [0.25, 0.3) is 5.91 Å². The van der Waals surface area contributed by atoms with E-state index in [1.165, 1.54) is 12.1 Å². The van der Waals surface area contributed by atoms with Crippen LogP contribution in [0.3, 0.4) is 0 Å². The van der Waals surface area contributed by atoms with E-state index in [0.717, 1.165) is 5.75 Å². The van der Waals surface area contributed by atoms with Crippen molar-refractivity contribution in [3.05, 3.63) is 76.2 Å². The molecule has 2 heterocycles. The van der Waals surface area contributed by atoms with Gasteiger partial charge in [-0.2, -0.15) is 0 Å². The second-order valence-corrected chi connectivity index (χ2v) is 7.98. The van der Waals surface area contributed by atoms with Crippen LogP contribution >= 0.6 is 0 Å². The van der Waals surface area contributed by atoms with Crippen molar-refractivity contribution < 1.29 is 28.5 Å². The predicted molar refractivity (Wildman–Crippen MR) is 129 cm³/mol. The number of fused-ring (bicyclic) bond motifs is 1. The standard InChI is InChI=1S/C26H26N2O7/c1-16-25(22(29)10-11-28(16)12-13-33-20-7-5-19(32-3)6-8-20)34-15-23(30)18-4-9-24-21(14-18)27-26(31)17(2)35-24/h4-11,14,17H,12-13,15H2,1-3H3,(H,27,31). The summed E-state index contributed by atoms with van der Waals surface area (Å²) in [4.78, 5) is 37.0. The van der Waals surface area contributed by atoms with Gasteiger partial charge in [-0.25, -0.2) is 0 Å². The number of methoxy groups -OCH3 is 1. The van der Waals surface area contributed by atoms with Gasteiger partial charge in [0.2, 0.25) is 5.43 Å². The number of rotatable bonds is 9. The number of amides is 1. The van der Waals surface area contributed by atoms with Crippen LogP contribution in [0.1, 0.15) is 23.0 Å². The van der Waals surface area contributed by atoms with Gasteiger partial charge in [-0.15, -0.1) is 0 Å². The fourth-order valence-electron chi connectivity index (χ4n) is 3.61. The molecular formula is C26H26N2O7. The number of pyridine rings is 1. The maximum atomic E-state index is 12.7. The molecule has 1 aromatic heterocycles. The summed E-state index contributed by atoms with van der Waals surface area (Å²) >= 11 is 0. The van der Waals surface area contributed by atoms with E-state index in [-0.39, 0.29) is 29.5 Å². The molecule has 1 amide bonds. The Morgan fingerprint density at radius 1 is 1.06 bits per heavy atom. The summed E-state index contributed by atoms with van der Waals surface area (Å²) in [5, 5.41) is 2.71. The second-order valence-electron chi connectivity index (χ2n) is 7.98. The normalized spacial score (nSPS) is 14.4. The largest absolute Gasteiger partial charge is 0.497 e. The highest BCUT2D eigenvalue weighted by atomic mass is 16.5. The lowest BCUT2D eigenvalue weighted by Crippen LogP contribution is -2.34. The van der Waals surface area contributed by atoms with Crippen molar-refractivity contribution in [3.63, 3.8) is 0 Å². The molecule has 1 N–H and O–H groups in total. The third-order valence-electron chi connectivity index (χ3n) is 5.63. The molecule has 1 unspecified atom stereocenters. The first-order valence-electron chi connectivity index (χ1n) is 11.1. The van der Waals surface area contributed by atoms with Gasteiger partial charge < -0.3 is 28.8 Å². The number of nitrogens with one attached hydrogen (secondary N) is 1. The number of benzene rings is 2. The Balaban J connectivity index is 1.39. The van der Waals surface area contributed by atoms with Crippen molar-refractivity contribution in [2.75, 3.05) is 25.6 Å². The Kier molecular flexibility index (Phi) is 7.05. The van der Waals surface area contributed by atoms with E-state index in [2.05, 4.69) is 5.32 Å². The molecule has 1 atom stereocenters. The zero-order valence-electron chi connectivity index (χ0n) is 19.7. The minimum absolute atomic E-state index is 0.105. The summed E-state index contributed by atoms with van der Waals surface area (Å²) in [7, 11) is 1.60. The van der Waals surface area contributed by atoms with E-state index >= 15 is 0 Å². The van der Waals surface area contributed by atoms with E-state index < -0.39 is 6.10 Å². The van der Waals surface area contributed by atoms with Crippen LogP contribution in [0.2, 0.25) is 0 Å². The molecule has 0 saturated heterocycles. The molecule has 1 aliphatic heterocycles. The molecule has 1 aliphatic rings. The average molecular weight is 479 g/mol. The Morgan fingerprint density at radius 3 is 2.54 bits per heavy atom. The maximum absolute atomic E-state index is 12.7. The maximum Gasteiger partial charge on any atom is 0.265 e. The number of ether oxygens (including phenoxy) is 4. The summed E-state index contributed by atoms with van der Waals surface area (Å²) in [5.41, 5.74) is 1.03. The lowest BCUT2D eigenvalue weighted by atomic mass is 10.1. The third-order valence-corrected chi connectivity index (χ3v) is 5.63. The van der Waals surface area contributed by atoms with Gasteiger partial charge in [0, 0.05) is 17.8 Å². The monoisotopic (exact) mass is 478 g/mol. The molecule has 0 aliphatic carbocycles. The zero-order valence-corrected chi connectivity index (χ0v) is 19.7. The summed E-state index contributed by atoms with van der Waals surface area (Å²) in [6.45, 7) is 3.92. The molecule has 35 heavy (non-hydrogen) atoms. The minimum atomic E-state index is -0.600. The summed E-state index contributed by atoms with van der Waals surface area (Å²) < 4.78 is 23.9. The van der Waals surface area contributed by atoms with Crippen LogP contribution in [0.15, 0.2) is 59.5 Å². The number of carbonyl (C=O) groups is 2. The summed E-state index contributed by atoms with van der Waals surface area (Å²) in [6.07, 6.45) is 1.06. The predicted octanol–water partition coefficient (Wildman–Crippen LogP) is 3.23. The SMILES string of the molecule is COc1ccc(OCCn2ccc(=O)c(OCC(=O)c3ccc4c(c3)NC(=O)C(C)O4)c2C)cc1. The molecule has 9 nitrogen and oxygen atoms in total. The van der Waals surface area contributed by atoms with Crippen LogP contribution in [-0.2, 0) is 11.3 Å². The van der Waals surface area contributed by atoms with Crippen molar-refractivity contribution in [1.29, 1.82) is 0 Å². The van der Waals surface area contributed by atoms with Crippen molar-refractivity contribution >= 4 is 17.4 Å². The molecule has 3 aromatic rings. The van der Waals surface area contributed by atoms with Crippen LogP contribution in [0, 0.1) is 6.92 Å². The van der Waals surface area contributed by atoms with Gasteiger partial charge in [-0.1, -0.05) is 0 Å². The second kappa shape index (κ2) is 10.3. The Hall–Kier alpha value is -4.27. The molecule has 0 radical (unpaired) electrons. The molecule has 0 fully saturated rings. The minimum Gasteiger partial charge on any atom is -0.497 e. The van der Waals surface area contributed by atoms with Crippen LogP contribution in [0.25, 0.3) is 0 Å². The number of Topliss-reactive ketones (excluding diaryl/α,β-unsaturated/α-hetero) is 1. The van der Waals surface area contributed by atoms with Crippen LogP contribution in [-0.4, -0.2) is 42.7 Å². The zero-order chi connectivity index (χ0) is 24.9. The number of aromatic nitrogens is 1.